The first-order valence-electron chi connectivity index (χ1n) is 4.49. The molecule has 0 rings (SSSR count). The molecule has 0 heterocycles. The summed E-state index contributed by atoms with van der Waals surface area (Å²) in [7, 11) is -3.21. The van der Waals surface area contributed by atoms with Crippen LogP contribution in [-0.4, -0.2) is 20.8 Å². The standard InChI is InChI=1S/C8H18O3S.Na.H/c1-3-5-6-7-8-11-12(9,10)4-2;;/h3-8H2,1-2H3;;/q;+1;-1. The second kappa shape index (κ2) is 9.46. The zero-order valence-electron chi connectivity index (χ0n) is 9.88. The molecule has 13 heavy (non-hydrogen) atoms. The second-order valence-corrected chi connectivity index (χ2v) is 4.66. The van der Waals surface area contributed by atoms with Crippen LogP contribution in [0.2, 0.25) is 0 Å². The van der Waals surface area contributed by atoms with E-state index in [9.17, 15) is 8.42 Å². The van der Waals surface area contributed by atoms with Gasteiger partial charge in [-0.2, -0.15) is 8.42 Å². The Morgan fingerprint density at radius 1 is 1.15 bits per heavy atom. The van der Waals surface area contributed by atoms with Crippen LogP contribution in [0.3, 0.4) is 0 Å². The van der Waals surface area contributed by atoms with E-state index < -0.39 is 10.1 Å². The fourth-order valence-corrected chi connectivity index (χ4v) is 1.34. The van der Waals surface area contributed by atoms with E-state index >= 15 is 0 Å². The Morgan fingerprint density at radius 2 is 1.77 bits per heavy atom. The molecule has 0 amide bonds. The van der Waals surface area contributed by atoms with Gasteiger partial charge in [-0.15, -0.1) is 0 Å². The predicted octanol–water partition coefficient (Wildman–Crippen LogP) is -0.950. The summed E-state index contributed by atoms with van der Waals surface area (Å²) in [6.07, 6.45) is 4.19. The Labute approximate surface area is 105 Å². The van der Waals surface area contributed by atoms with Crippen molar-refractivity contribution in [1.29, 1.82) is 0 Å². The van der Waals surface area contributed by atoms with Gasteiger partial charge in [0.25, 0.3) is 10.1 Å². The van der Waals surface area contributed by atoms with E-state index in [1.54, 1.807) is 6.92 Å². The molecular weight excluding hydrogens is 199 g/mol. The number of rotatable bonds is 7. The molecule has 0 N–H and O–H groups in total. The summed E-state index contributed by atoms with van der Waals surface area (Å²) in [4.78, 5) is 0. The minimum Gasteiger partial charge on any atom is -1.00 e. The summed E-state index contributed by atoms with van der Waals surface area (Å²) in [6, 6.07) is 0. The molecule has 0 radical (unpaired) electrons. The summed E-state index contributed by atoms with van der Waals surface area (Å²) in [6.45, 7) is 4.04. The molecule has 0 unspecified atom stereocenters. The van der Waals surface area contributed by atoms with Crippen molar-refractivity contribution in [2.24, 2.45) is 0 Å². The molecule has 0 aromatic carbocycles. The maximum atomic E-state index is 10.8. The minimum atomic E-state index is -3.21. The third-order valence-electron chi connectivity index (χ3n) is 1.61. The summed E-state index contributed by atoms with van der Waals surface area (Å²) in [5.41, 5.74) is 0. The van der Waals surface area contributed by atoms with Gasteiger partial charge in [-0.3, -0.25) is 4.18 Å². The molecule has 76 valence electrons. The van der Waals surface area contributed by atoms with Crippen molar-refractivity contribution in [3.05, 3.63) is 0 Å². The van der Waals surface area contributed by atoms with Gasteiger partial charge in [0.05, 0.1) is 12.4 Å². The average molecular weight is 218 g/mol. The molecule has 0 aromatic heterocycles. The zero-order valence-corrected chi connectivity index (χ0v) is 11.7. The predicted molar refractivity (Wildman–Crippen MR) is 50.7 cm³/mol. The first kappa shape index (κ1) is 16.3. The molecule has 0 fully saturated rings. The molecule has 5 heteroatoms. The summed E-state index contributed by atoms with van der Waals surface area (Å²) >= 11 is 0. The second-order valence-electron chi connectivity index (χ2n) is 2.73. The normalized spacial score (nSPS) is 10.9. The van der Waals surface area contributed by atoms with Crippen LogP contribution >= 0.6 is 0 Å². The molecule has 0 saturated heterocycles. The van der Waals surface area contributed by atoms with E-state index in [2.05, 4.69) is 6.92 Å². The Balaban J connectivity index is -0.000000605. The molecule has 0 aliphatic carbocycles. The van der Waals surface area contributed by atoms with Gasteiger partial charge >= 0.3 is 29.6 Å². The number of unbranched alkanes of at least 4 members (excludes halogenated alkanes) is 3. The molecule has 0 bridgehead atoms. The fourth-order valence-electron chi connectivity index (χ4n) is 0.798. The van der Waals surface area contributed by atoms with E-state index in [4.69, 9.17) is 4.18 Å². The largest absolute Gasteiger partial charge is 1.00 e. The fraction of sp³-hybridized carbons (Fsp3) is 1.00. The van der Waals surface area contributed by atoms with Gasteiger partial charge in [-0.1, -0.05) is 26.2 Å². The van der Waals surface area contributed by atoms with Crippen LogP contribution < -0.4 is 29.6 Å². The van der Waals surface area contributed by atoms with Crippen LogP contribution in [0.15, 0.2) is 0 Å². The summed E-state index contributed by atoms with van der Waals surface area (Å²) < 4.78 is 26.3. The van der Waals surface area contributed by atoms with Crippen LogP contribution in [0.5, 0.6) is 0 Å². The molecule has 0 aliphatic rings. The molecule has 0 atom stereocenters. The van der Waals surface area contributed by atoms with Crippen LogP contribution in [0, 0.1) is 0 Å². The van der Waals surface area contributed by atoms with Crippen LogP contribution in [0.25, 0.3) is 0 Å². The van der Waals surface area contributed by atoms with E-state index in [-0.39, 0.29) is 36.7 Å². The molecular formula is C8H19NaO3S. The van der Waals surface area contributed by atoms with Gasteiger partial charge in [0.1, 0.15) is 0 Å². The van der Waals surface area contributed by atoms with Gasteiger partial charge in [0.15, 0.2) is 0 Å². The maximum absolute atomic E-state index is 10.8. The molecule has 0 spiro atoms. The third kappa shape index (κ3) is 10.8. The van der Waals surface area contributed by atoms with E-state index in [1.807, 2.05) is 0 Å². The topological polar surface area (TPSA) is 43.4 Å². The summed E-state index contributed by atoms with van der Waals surface area (Å²) in [5.74, 6) is 0.0702. The molecule has 0 aliphatic heterocycles. The van der Waals surface area contributed by atoms with Crippen LogP contribution in [0.4, 0.5) is 0 Å². The smallest absolute Gasteiger partial charge is 1.00 e. The van der Waals surface area contributed by atoms with Crippen molar-refractivity contribution in [3.8, 4) is 0 Å². The average Bonchev–Trinajstić information content (AvgIpc) is 2.04. The molecule has 3 nitrogen and oxygen atoms in total. The minimum absolute atomic E-state index is 0. The Kier molecular flexibility index (Phi) is 11.9. The van der Waals surface area contributed by atoms with Crippen molar-refractivity contribution in [1.82, 2.24) is 0 Å². The number of hydrogen-bond donors (Lipinski definition) is 0. The van der Waals surface area contributed by atoms with E-state index in [0.29, 0.717) is 6.61 Å². The van der Waals surface area contributed by atoms with Crippen molar-refractivity contribution < 1.29 is 43.6 Å². The monoisotopic (exact) mass is 218 g/mol. The van der Waals surface area contributed by atoms with Gasteiger partial charge in [0, 0.05) is 0 Å². The SMILES string of the molecule is CCCCCCOS(=O)(=O)CC.[H-].[Na+]. The van der Waals surface area contributed by atoms with Crippen molar-refractivity contribution >= 4 is 10.1 Å². The quantitative estimate of drug-likeness (QED) is 0.314. The molecule has 0 aromatic rings. The first-order chi connectivity index (χ1) is 5.62. The van der Waals surface area contributed by atoms with Crippen LogP contribution in [0.1, 0.15) is 41.0 Å². The van der Waals surface area contributed by atoms with Crippen molar-refractivity contribution in [2.45, 2.75) is 39.5 Å². The maximum Gasteiger partial charge on any atom is 1.00 e. The Morgan fingerprint density at radius 3 is 2.23 bits per heavy atom. The van der Waals surface area contributed by atoms with Gasteiger partial charge in [-0.05, 0) is 13.3 Å². The van der Waals surface area contributed by atoms with Crippen molar-refractivity contribution in [2.75, 3.05) is 12.4 Å². The van der Waals surface area contributed by atoms with E-state index in [0.717, 1.165) is 25.7 Å². The van der Waals surface area contributed by atoms with Crippen molar-refractivity contribution in [3.63, 3.8) is 0 Å². The Bertz CT molecular complexity index is 195. The van der Waals surface area contributed by atoms with Gasteiger partial charge in [-0.25, -0.2) is 0 Å². The van der Waals surface area contributed by atoms with Gasteiger partial charge in [0.2, 0.25) is 0 Å². The van der Waals surface area contributed by atoms with Gasteiger partial charge < -0.3 is 1.43 Å². The number of hydrogen-bond acceptors (Lipinski definition) is 3. The zero-order chi connectivity index (χ0) is 9.45. The summed E-state index contributed by atoms with van der Waals surface area (Å²) in [5, 5.41) is 0. The van der Waals surface area contributed by atoms with Crippen LogP contribution in [-0.2, 0) is 14.3 Å². The molecule has 0 saturated carbocycles. The van der Waals surface area contributed by atoms with E-state index in [1.165, 1.54) is 0 Å². The first-order valence-corrected chi connectivity index (χ1v) is 6.07. The third-order valence-corrected chi connectivity index (χ3v) is 2.85. The Hall–Kier alpha value is 0.910.